The molecule has 1 aromatic carbocycles. The molecule has 27 heavy (non-hydrogen) atoms. The predicted octanol–water partition coefficient (Wildman–Crippen LogP) is 2.54. The van der Waals surface area contributed by atoms with Gasteiger partial charge in [-0.2, -0.15) is 0 Å². The van der Waals surface area contributed by atoms with Crippen LogP contribution in [0.1, 0.15) is 43.0 Å². The molecule has 7 nitrogen and oxygen atoms in total. The Labute approximate surface area is 165 Å². The number of likely N-dealkylation sites (tertiary alicyclic amines) is 1. The first-order chi connectivity index (χ1) is 12.6. The van der Waals surface area contributed by atoms with E-state index < -0.39 is 22.1 Å². The highest BCUT2D eigenvalue weighted by Crippen LogP contribution is 2.23. The van der Waals surface area contributed by atoms with Crippen LogP contribution in [0.5, 0.6) is 0 Å². The lowest BCUT2D eigenvalue weighted by atomic mass is 10.2. The minimum atomic E-state index is -3.72. The molecule has 9 heteroatoms. The van der Waals surface area contributed by atoms with Crippen molar-refractivity contribution < 1.29 is 22.7 Å². The van der Waals surface area contributed by atoms with Gasteiger partial charge in [0, 0.05) is 27.2 Å². The number of rotatable bonds is 5. The third-order valence-electron chi connectivity index (χ3n) is 4.49. The van der Waals surface area contributed by atoms with Gasteiger partial charge in [0.15, 0.2) is 6.10 Å². The summed E-state index contributed by atoms with van der Waals surface area (Å²) in [4.78, 5) is 26.7. The molecule has 2 rings (SSSR count). The van der Waals surface area contributed by atoms with Crippen LogP contribution < -0.4 is 0 Å². The topological polar surface area (TPSA) is 84.0 Å². The van der Waals surface area contributed by atoms with E-state index >= 15 is 0 Å². The van der Waals surface area contributed by atoms with Crippen molar-refractivity contribution in [3.8, 4) is 0 Å². The monoisotopic (exact) mass is 416 g/mol. The molecule has 1 aliphatic rings. The molecule has 0 radical (unpaired) electrons. The Morgan fingerprint density at radius 3 is 2.30 bits per heavy atom. The van der Waals surface area contributed by atoms with Crippen LogP contribution in [0.4, 0.5) is 0 Å². The summed E-state index contributed by atoms with van der Waals surface area (Å²) in [5.41, 5.74) is -0.0879. The van der Waals surface area contributed by atoms with Gasteiger partial charge in [-0.15, -0.1) is 0 Å². The number of carbonyl (C=O) groups is 2. The Bertz CT molecular complexity index is 802. The first-order valence-corrected chi connectivity index (χ1v) is 10.7. The molecule has 1 atom stereocenters. The molecule has 0 aliphatic carbocycles. The lowest BCUT2D eigenvalue weighted by molar-refractivity contribution is -0.139. The van der Waals surface area contributed by atoms with Gasteiger partial charge in [-0.25, -0.2) is 17.5 Å². The minimum Gasteiger partial charge on any atom is -0.449 e. The smallest absolute Gasteiger partial charge is 0.340 e. The molecule has 1 heterocycles. The van der Waals surface area contributed by atoms with Gasteiger partial charge in [0.2, 0.25) is 10.0 Å². The van der Waals surface area contributed by atoms with E-state index in [0.29, 0.717) is 13.1 Å². The van der Waals surface area contributed by atoms with E-state index in [1.54, 1.807) is 4.90 Å². The zero-order chi connectivity index (χ0) is 20.2. The van der Waals surface area contributed by atoms with Gasteiger partial charge < -0.3 is 9.64 Å². The van der Waals surface area contributed by atoms with Crippen molar-refractivity contribution in [1.29, 1.82) is 0 Å². The lowest BCUT2D eigenvalue weighted by Gasteiger charge is -2.24. The second-order valence-electron chi connectivity index (χ2n) is 6.72. The summed E-state index contributed by atoms with van der Waals surface area (Å²) in [6.07, 6.45) is 3.06. The number of carbonyl (C=O) groups excluding carboxylic acids is 2. The predicted molar refractivity (Wildman–Crippen MR) is 102 cm³/mol. The molecule has 1 aliphatic heterocycles. The summed E-state index contributed by atoms with van der Waals surface area (Å²) < 4.78 is 30.8. The highest BCUT2D eigenvalue weighted by Gasteiger charge is 2.27. The second kappa shape index (κ2) is 9.03. The summed E-state index contributed by atoms with van der Waals surface area (Å²) in [5.74, 6) is -1.08. The quantitative estimate of drug-likeness (QED) is 0.688. The fourth-order valence-corrected chi connectivity index (χ4v) is 3.98. The maximum absolute atomic E-state index is 12.5. The van der Waals surface area contributed by atoms with E-state index in [0.717, 1.165) is 30.0 Å². The van der Waals surface area contributed by atoms with Crippen molar-refractivity contribution in [3.63, 3.8) is 0 Å². The highest BCUT2D eigenvalue weighted by molar-refractivity contribution is 7.89. The molecule has 1 unspecified atom stereocenters. The number of hydrogen-bond acceptors (Lipinski definition) is 5. The van der Waals surface area contributed by atoms with Gasteiger partial charge in [-0.1, -0.05) is 24.4 Å². The number of hydrogen-bond donors (Lipinski definition) is 0. The van der Waals surface area contributed by atoms with Crippen LogP contribution in [0.3, 0.4) is 0 Å². The Balaban J connectivity index is 2.16. The molecule has 1 aromatic rings. The molecule has 0 aromatic heterocycles. The number of nitrogens with zero attached hydrogens (tertiary/aromatic N) is 2. The molecule has 1 fully saturated rings. The van der Waals surface area contributed by atoms with Crippen molar-refractivity contribution >= 4 is 33.5 Å². The Morgan fingerprint density at radius 1 is 1.15 bits per heavy atom. The maximum atomic E-state index is 12.5. The molecule has 0 bridgehead atoms. The Kier molecular flexibility index (Phi) is 7.25. The SMILES string of the molecule is CC(OC(=O)c1cc(S(=O)(=O)N(C)C)ccc1Cl)C(=O)N1CCCCCC1. The van der Waals surface area contributed by atoms with Crippen molar-refractivity contribution in [1.82, 2.24) is 9.21 Å². The number of ether oxygens (including phenoxy) is 1. The molecular formula is C18H25ClN2O5S. The molecule has 0 saturated carbocycles. The lowest BCUT2D eigenvalue weighted by Crippen LogP contribution is -2.40. The zero-order valence-electron chi connectivity index (χ0n) is 15.8. The standard InChI is InChI=1S/C18H25ClN2O5S/c1-13(17(22)21-10-6-4-5-7-11-21)26-18(23)15-12-14(8-9-16(15)19)27(24,25)20(2)3/h8-9,12-13H,4-7,10-11H2,1-3H3. The summed E-state index contributed by atoms with van der Waals surface area (Å²) in [5, 5.41) is 0.0622. The van der Waals surface area contributed by atoms with Gasteiger partial charge in [0.1, 0.15) is 0 Å². The van der Waals surface area contributed by atoms with Crippen LogP contribution in [0.2, 0.25) is 5.02 Å². The average Bonchev–Trinajstić information content (AvgIpc) is 2.90. The molecule has 1 saturated heterocycles. The van der Waals surface area contributed by atoms with Crippen molar-refractivity contribution in [2.45, 2.75) is 43.6 Å². The number of halogens is 1. The van der Waals surface area contributed by atoms with Gasteiger partial charge in [0.25, 0.3) is 5.91 Å². The first-order valence-electron chi connectivity index (χ1n) is 8.86. The fraction of sp³-hybridized carbons (Fsp3) is 0.556. The van der Waals surface area contributed by atoms with Gasteiger partial charge in [-0.3, -0.25) is 4.79 Å². The van der Waals surface area contributed by atoms with Crippen molar-refractivity contribution in [2.75, 3.05) is 27.2 Å². The van der Waals surface area contributed by atoms with Crippen LogP contribution in [-0.4, -0.2) is 62.8 Å². The minimum absolute atomic E-state index is 0.0622. The number of benzene rings is 1. The van der Waals surface area contributed by atoms with Crippen molar-refractivity contribution in [3.05, 3.63) is 28.8 Å². The fourth-order valence-electron chi connectivity index (χ4n) is 2.85. The number of sulfonamides is 1. The summed E-state index contributed by atoms with van der Waals surface area (Å²) in [6.45, 7) is 2.82. The van der Waals surface area contributed by atoms with Gasteiger partial charge >= 0.3 is 5.97 Å². The van der Waals surface area contributed by atoms with Crippen LogP contribution in [0, 0.1) is 0 Å². The number of esters is 1. The third-order valence-corrected chi connectivity index (χ3v) is 6.63. The Hall–Kier alpha value is -1.64. The maximum Gasteiger partial charge on any atom is 0.340 e. The van der Waals surface area contributed by atoms with Crippen LogP contribution in [-0.2, 0) is 19.6 Å². The Morgan fingerprint density at radius 2 is 1.74 bits per heavy atom. The normalized spacial score (nSPS) is 16.7. The van der Waals surface area contributed by atoms with Crippen LogP contribution in [0.15, 0.2) is 23.1 Å². The van der Waals surface area contributed by atoms with Crippen molar-refractivity contribution in [2.24, 2.45) is 0 Å². The van der Waals surface area contributed by atoms with Gasteiger partial charge in [-0.05, 0) is 38.0 Å². The van der Waals surface area contributed by atoms with Gasteiger partial charge in [0.05, 0.1) is 15.5 Å². The summed E-state index contributed by atoms with van der Waals surface area (Å²) in [7, 11) is -0.938. The zero-order valence-corrected chi connectivity index (χ0v) is 17.3. The molecule has 0 spiro atoms. The molecule has 1 amide bonds. The van der Waals surface area contributed by atoms with E-state index in [2.05, 4.69) is 0 Å². The second-order valence-corrected chi connectivity index (χ2v) is 9.28. The van der Waals surface area contributed by atoms with E-state index in [4.69, 9.17) is 16.3 Å². The third kappa shape index (κ3) is 5.21. The average molecular weight is 417 g/mol. The summed E-state index contributed by atoms with van der Waals surface area (Å²) >= 11 is 6.05. The van der Waals surface area contributed by atoms with E-state index in [-0.39, 0.29) is 21.4 Å². The summed E-state index contributed by atoms with van der Waals surface area (Å²) in [6, 6.07) is 3.82. The highest BCUT2D eigenvalue weighted by atomic mass is 35.5. The molecule has 0 N–H and O–H groups in total. The molecular weight excluding hydrogens is 392 g/mol. The van der Waals surface area contributed by atoms with E-state index in [1.165, 1.54) is 39.2 Å². The first kappa shape index (κ1) is 21.7. The van der Waals surface area contributed by atoms with Crippen LogP contribution >= 0.6 is 11.6 Å². The van der Waals surface area contributed by atoms with Crippen LogP contribution in [0.25, 0.3) is 0 Å². The molecule has 150 valence electrons. The largest absolute Gasteiger partial charge is 0.449 e. The number of amides is 1. The van der Waals surface area contributed by atoms with E-state index in [9.17, 15) is 18.0 Å². The van der Waals surface area contributed by atoms with E-state index in [1.807, 2.05) is 0 Å².